The van der Waals surface area contributed by atoms with Gasteiger partial charge in [0.2, 0.25) is 0 Å². The van der Waals surface area contributed by atoms with E-state index in [4.69, 9.17) is 32.8 Å². The summed E-state index contributed by atoms with van der Waals surface area (Å²) in [4.78, 5) is 23.9. The summed E-state index contributed by atoms with van der Waals surface area (Å²) in [5.41, 5.74) is 4.24. The van der Waals surface area contributed by atoms with Gasteiger partial charge in [0.15, 0.2) is 0 Å². The topological polar surface area (TPSA) is 62.8 Å². The molecule has 3 rings (SSSR count). The Labute approximate surface area is 143 Å². The highest BCUT2D eigenvalue weighted by molar-refractivity contribution is 6.35. The molecule has 0 aliphatic rings. The number of nitrogens with zero attached hydrogens (tertiary/aromatic N) is 1. The van der Waals surface area contributed by atoms with Crippen LogP contribution in [0.2, 0.25) is 10.0 Å². The molecule has 1 N–H and O–H groups in total. The van der Waals surface area contributed by atoms with E-state index in [2.05, 4.69) is 22.1 Å². The van der Waals surface area contributed by atoms with Crippen LogP contribution in [-0.2, 0) is 22.4 Å². The van der Waals surface area contributed by atoms with Crippen molar-refractivity contribution in [1.82, 2.24) is 9.97 Å². The normalized spacial score (nSPS) is 10.0. The quantitative estimate of drug-likeness (QED) is 0.763. The molecule has 0 fully saturated rings. The second kappa shape index (κ2) is 7.93. The largest absolute Gasteiger partial charge is 0.373 e. The van der Waals surface area contributed by atoms with E-state index in [1.54, 1.807) is 0 Å². The number of aromatic amines is 1. The van der Waals surface area contributed by atoms with Crippen LogP contribution in [-0.4, -0.2) is 16.1 Å². The number of H-pyrrole nitrogens is 1. The zero-order valence-electron chi connectivity index (χ0n) is 12.4. The smallest absolute Gasteiger partial charge is 0.344 e. The molecule has 118 valence electrons. The number of carbonyl (C=O) groups excluding carboxylic acids is 2. The molecule has 0 bridgehead atoms. The Balaban J connectivity index is 0.000000595. The molecule has 2 aromatic heterocycles. The minimum Gasteiger partial charge on any atom is -0.344 e. The van der Waals surface area contributed by atoms with Crippen molar-refractivity contribution < 1.29 is 9.59 Å². The van der Waals surface area contributed by atoms with E-state index in [1.807, 2.05) is 31.3 Å². The highest BCUT2D eigenvalue weighted by Crippen LogP contribution is 2.26. The Morgan fingerprint density at radius 1 is 1.13 bits per heavy atom. The van der Waals surface area contributed by atoms with E-state index >= 15 is 0 Å². The van der Waals surface area contributed by atoms with Crippen molar-refractivity contribution in [2.45, 2.75) is 19.8 Å². The first-order chi connectivity index (χ1) is 11.0. The van der Waals surface area contributed by atoms with Gasteiger partial charge >= 0.3 is 6.15 Å². The Bertz CT molecular complexity index is 833. The first-order valence-electron chi connectivity index (χ1n) is 6.91. The van der Waals surface area contributed by atoms with Crippen LogP contribution in [0.4, 0.5) is 0 Å². The van der Waals surface area contributed by atoms with Crippen LogP contribution in [0.15, 0.2) is 36.5 Å². The third kappa shape index (κ3) is 4.42. The Morgan fingerprint density at radius 2 is 1.78 bits per heavy atom. The van der Waals surface area contributed by atoms with Crippen LogP contribution >= 0.6 is 23.2 Å². The fraction of sp³-hybridized carbons (Fsp3) is 0.176. The lowest BCUT2D eigenvalue weighted by atomic mass is 10.1. The van der Waals surface area contributed by atoms with Crippen molar-refractivity contribution in [2.75, 3.05) is 0 Å². The third-order valence-electron chi connectivity index (χ3n) is 3.39. The Morgan fingerprint density at radius 3 is 2.43 bits per heavy atom. The van der Waals surface area contributed by atoms with E-state index in [0.717, 1.165) is 45.2 Å². The van der Waals surface area contributed by atoms with Gasteiger partial charge < -0.3 is 4.98 Å². The van der Waals surface area contributed by atoms with Crippen LogP contribution in [0.3, 0.4) is 0 Å². The van der Waals surface area contributed by atoms with Crippen molar-refractivity contribution in [3.63, 3.8) is 0 Å². The minimum absolute atomic E-state index is 0.250. The van der Waals surface area contributed by atoms with E-state index < -0.39 is 0 Å². The minimum atomic E-state index is 0.250. The van der Waals surface area contributed by atoms with E-state index in [9.17, 15) is 0 Å². The number of benzene rings is 1. The zero-order valence-corrected chi connectivity index (χ0v) is 13.9. The number of halogens is 2. The van der Waals surface area contributed by atoms with Crippen LogP contribution in [0.1, 0.15) is 16.8 Å². The predicted molar refractivity (Wildman–Crippen MR) is 89.7 cm³/mol. The molecular weight excluding hydrogens is 335 g/mol. The van der Waals surface area contributed by atoms with Gasteiger partial charge in [0, 0.05) is 27.3 Å². The number of rotatable bonds is 3. The maximum absolute atomic E-state index is 8.12. The third-order valence-corrected chi connectivity index (χ3v) is 4.09. The summed E-state index contributed by atoms with van der Waals surface area (Å²) >= 11 is 12.4. The predicted octanol–water partition coefficient (Wildman–Crippen LogP) is 4.38. The van der Waals surface area contributed by atoms with Crippen molar-refractivity contribution in [3.8, 4) is 0 Å². The van der Waals surface area contributed by atoms with Gasteiger partial charge in [0.05, 0.1) is 0 Å². The summed E-state index contributed by atoms with van der Waals surface area (Å²) in [7, 11) is 0. The number of hydrogen-bond acceptors (Lipinski definition) is 3. The average molecular weight is 349 g/mol. The first kappa shape index (κ1) is 17.2. The number of hydrogen-bond donors (Lipinski definition) is 1. The second-order valence-electron chi connectivity index (χ2n) is 5.02. The summed E-state index contributed by atoms with van der Waals surface area (Å²) < 4.78 is 0. The van der Waals surface area contributed by atoms with Gasteiger partial charge in [-0.15, -0.1) is 0 Å². The second-order valence-corrected chi connectivity index (χ2v) is 5.83. The maximum Gasteiger partial charge on any atom is 0.373 e. The van der Waals surface area contributed by atoms with E-state index in [1.165, 1.54) is 5.56 Å². The van der Waals surface area contributed by atoms with Crippen molar-refractivity contribution >= 4 is 40.4 Å². The number of nitrogens with one attached hydrogen (secondary N) is 1. The van der Waals surface area contributed by atoms with Gasteiger partial charge in [-0.3, -0.25) is 0 Å². The molecule has 0 atom stereocenters. The van der Waals surface area contributed by atoms with Crippen LogP contribution in [0.25, 0.3) is 11.0 Å². The van der Waals surface area contributed by atoms with Gasteiger partial charge in [-0.25, -0.2) is 4.98 Å². The molecule has 23 heavy (non-hydrogen) atoms. The Kier molecular flexibility index (Phi) is 5.94. The maximum atomic E-state index is 8.12. The summed E-state index contributed by atoms with van der Waals surface area (Å²) in [5.74, 6) is 0. The number of aryl methyl sites for hydroxylation is 2. The molecule has 1 aromatic carbocycles. The molecule has 2 heterocycles. The summed E-state index contributed by atoms with van der Waals surface area (Å²) in [6, 6.07) is 9.88. The summed E-state index contributed by atoms with van der Waals surface area (Å²) in [5, 5.41) is 2.60. The van der Waals surface area contributed by atoms with Gasteiger partial charge in [-0.05, 0) is 55.2 Å². The van der Waals surface area contributed by atoms with Crippen molar-refractivity contribution in [2.24, 2.45) is 0 Å². The van der Waals surface area contributed by atoms with Crippen LogP contribution in [0.5, 0.6) is 0 Å². The van der Waals surface area contributed by atoms with Crippen molar-refractivity contribution in [3.05, 3.63) is 63.4 Å². The SMILES string of the molecule is Cc1cc2cc(CCc3c(Cl)cccc3Cl)cnc2[nH]1.O=C=O. The molecule has 0 saturated heterocycles. The lowest BCUT2D eigenvalue weighted by Gasteiger charge is -2.06. The molecule has 0 amide bonds. The Hall–Kier alpha value is -2.13. The van der Waals surface area contributed by atoms with Crippen LogP contribution in [0, 0.1) is 6.92 Å². The van der Waals surface area contributed by atoms with Gasteiger partial charge in [-0.2, -0.15) is 9.59 Å². The first-order valence-corrected chi connectivity index (χ1v) is 7.67. The zero-order chi connectivity index (χ0) is 16.8. The molecule has 0 spiro atoms. The van der Waals surface area contributed by atoms with E-state index in [-0.39, 0.29) is 6.15 Å². The lowest BCUT2D eigenvalue weighted by Crippen LogP contribution is -1.94. The van der Waals surface area contributed by atoms with Gasteiger partial charge in [0.25, 0.3) is 0 Å². The molecule has 3 aromatic rings. The molecular formula is C17H14Cl2N2O2. The highest BCUT2D eigenvalue weighted by Gasteiger charge is 2.07. The number of pyridine rings is 1. The average Bonchev–Trinajstić information content (AvgIpc) is 2.87. The van der Waals surface area contributed by atoms with Crippen LogP contribution < -0.4 is 0 Å². The highest BCUT2D eigenvalue weighted by atomic mass is 35.5. The molecule has 0 saturated carbocycles. The summed E-state index contributed by atoms with van der Waals surface area (Å²) in [6.45, 7) is 2.03. The molecule has 0 unspecified atom stereocenters. The lowest BCUT2D eigenvalue weighted by molar-refractivity contribution is -0.191. The van der Waals surface area contributed by atoms with Crippen molar-refractivity contribution in [1.29, 1.82) is 0 Å². The van der Waals surface area contributed by atoms with E-state index in [0.29, 0.717) is 0 Å². The number of fused-ring (bicyclic) bond motifs is 1. The molecule has 0 aliphatic heterocycles. The standard InChI is InChI=1S/C16H14Cl2N2.CO2/c1-10-7-12-8-11(9-19-16(12)20-10)5-6-13-14(17)3-2-4-15(13)18;2-1-3/h2-4,7-9H,5-6H2,1H3,(H,19,20);. The molecule has 6 heteroatoms. The molecule has 4 nitrogen and oxygen atoms in total. The fourth-order valence-electron chi connectivity index (χ4n) is 2.38. The monoisotopic (exact) mass is 348 g/mol. The molecule has 0 radical (unpaired) electrons. The van der Waals surface area contributed by atoms with Gasteiger partial charge in [0.1, 0.15) is 5.65 Å². The molecule has 0 aliphatic carbocycles. The fourth-order valence-corrected chi connectivity index (χ4v) is 2.96. The summed E-state index contributed by atoms with van der Waals surface area (Å²) in [6.07, 6.45) is 3.84. The van der Waals surface area contributed by atoms with Gasteiger partial charge in [-0.1, -0.05) is 29.3 Å². The number of aromatic nitrogens is 2.